The van der Waals surface area contributed by atoms with Crippen molar-refractivity contribution in [1.82, 2.24) is 14.8 Å². The first-order valence-corrected chi connectivity index (χ1v) is 5.68. The number of pyridine rings is 1. The number of rotatable bonds is 2. The summed E-state index contributed by atoms with van der Waals surface area (Å²) < 4.78 is 4.97. The Bertz CT molecular complexity index is 383. The lowest BCUT2D eigenvalue weighted by Gasteiger charge is -2.32. The molecule has 0 aliphatic carbocycles. The molecule has 2 heterocycles. The summed E-state index contributed by atoms with van der Waals surface area (Å²) in [5.74, 6) is 0.577. The first-order valence-electron chi connectivity index (χ1n) is 5.68. The molecular formula is C12H17N3O2. The molecule has 0 atom stereocenters. The summed E-state index contributed by atoms with van der Waals surface area (Å²) in [6.45, 7) is 3.41. The zero-order chi connectivity index (χ0) is 12.3. The highest BCUT2D eigenvalue weighted by atomic mass is 16.5. The Balaban J connectivity index is 2.03. The highest BCUT2D eigenvalue weighted by Gasteiger charge is 2.20. The van der Waals surface area contributed by atoms with E-state index in [0.717, 1.165) is 26.2 Å². The predicted molar refractivity (Wildman–Crippen MR) is 64.2 cm³/mol. The summed E-state index contributed by atoms with van der Waals surface area (Å²) in [5.41, 5.74) is 0.621. The van der Waals surface area contributed by atoms with Gasteiger partial charge in [-0.05, 0) is 13.1 Å². The maximum Gasteiger partial charge on any atom is 0.255 e. The van der Waals surface area contributed by atoms with Crippen molar-refractivity contribution < 1.29 is 9.53 Å². The second kappa shape index (κ2) is 5.14. The topological polar surface area (TPSA) is 45.7 Å². The standard InChI is InChI=1S/C12H17N3O2/c1-14-5-7-15(8-6-14)12(16)10-3-4-11(17-2)13-9-10/h3-4,9H,5-8H2,1-2H3. The normalized spacial score (nSPS) is 16.9. The van der Waals surface area contributed by atoms with Crippen molar-refractivity contribution in [3.8, 4) is 5.88 Å². The van der Waals surface area contributed by atoms with E-state index in [2.05, 4.69) is 16.9 Å². The number of likely N-dealkylation sites (N-methyl/N-ethyl adjacent to an activating group) is 1. The van der Waals surface area contributed by atoms with Gasteiger partial charge in [-0.15, -0.1) is 0 Å². The van der Waals surface area contributed by atoms with Crippen LogP contribution in [-0.2, 0) is 0 Å². The lowest BCUT2D eigenvalue weighted by atomic mass is 10.2. The maximum atomic E-state index is 12.1. The number of carbonyl (C=O) groups is 1. The van der Waals surface area contributed by atoms with E-state index in [1.807, 2.05) is 4.90 Å². The maximum absolute atomic E-state index is 12.1. The zero-order valence-corrected chi connectivity index (χ0v) is 10.2. The summed E-state index contributed by atoms with van der Waals surface area (Å²) in [6, 6.07) is 3.47. The van der Waals surface area contributed by atoms with E-state index in [-0.39, 0.29) is 5.91 Å². The van der Waals surface area contributed by atoms with Gasteiger partial charge >= 0.3 is 0 Å². The molecule has 0 spiro atoms. The van der Waals surface area contributed by atoms with Gasteiger partial charge in [0.15, 0.2) is 0 Å². The van der Waals surface area contributed by atoms with Crippen molar-refractivity contribution in [3.63, 3.8) is 0 Å². The second-order valence-corrected chi connectivity index (χ2v) is 4.18. The molecule has 1 saturated heterocycles. The van der Waals surface area contributed by atoms with Crippen LogP contribution < -0.4 is 4.74 Å². The third kappa shape index (κ3) is 2.74. The van der Waals surface area contributed by atoms with Gasteiger partial charge in [-0.2, -0.15) is 0 Å². The van der Waals surface area contributed by atoms with Crippen molar-refractivity contribution in [2.24, 2.45) is 0 Å². The summed E-state index contributed by atoms with van der Waals surface area (Å²) >= 11 is 0. The molecule has 0 N–H and O–H groups in total. The van der Waals surface area contributed by atoms with E-state index >= 15 is 0 Å². The quantitative estimate of drug-likeness (QED) is 0.748. The van der Waals surface area contributed by atoms with Crippen LogP contribution in [0, 0.1) is 0 Å². The lowest BCUT2D eigenvalue weighted by molar-refractivity contribution is 0.0663. The molecule has 0 bridgehead atoms. The molecule has 5 nitrogen and oxygen atoms in total. The first kappa shape index (κ1) is 11.9. The van der Waals surface area contributed by atoms with Crippen LogP contribution in [0.5, 0.6) is 5.88 Å². The molecule has 1 aromatic heterocycles. The second-order valence-electron chi connectivity index (χ2n) is 4.18. The Kier molecular flexibility index (Phi) is 3.58. The van der Waals surface area contributed by atoms with Crippen LogP contribution in [0.3, 0.4) is 0 Å². The number of methoxy groups -OCH3 is 1. The Morgan fingerprint density at radius 3 is 2.53 bits per heavy atom. The Labute approximate surface area is 101 Å². The van der Waals surface area contributed by atoms with Crippen LogP contribution in [-0.4, -0.2) is 61.0 Å². The summed E-state index contributed by atoms with van der Waals surface area (Å²) in [5, 5.41) is 0. The van der Waals surface area contributed by atoms with E-state index < -0.39 is 0 Å². The van der Waals surface area contributed by atoms with Gasteiger partial charge in [-0.3, -0.25) is 4.79 Å². The Morgan fingerprint density at radius 2 is 2.00 bits per heavy atom. The molecular weight excluding hydrogens is 218 g/mol. The van der Waals surface area contributed by atoms with E-state index in [4.69, 9.17) is 4.74 Å². The van der Waals surface area contributed by atoms with E-state index in [9.17, 15) is 4.79 Å². The van der Waals surface area contributed by atoms with E-state index in [1.54, 1.807) is 25.4 Å². The van der Waals surface area contributed by atoms with Crippen LogP contribution >= 0.6 is 0 Å². The number of hydrogen-bond donors (Lipinski definition) is 0. The number of amides is 1. The molecule has 0 unspecified atom stereocenters. The molecule has 0 saturated carbocycles. The fourth-order valence-corrected chi connectivity index (χ4v) is 1.82. The highest BCUT2D eigenvalue weighted by Crippen LogP contribution is 2.10. The number of piperazine rings is 1. The molecule has 5 heteroatoms. The van der Waals surface area contributed by atoms with Gasteiger partial charge in [0.05, 0.1) is 12.7 Å². The molecule has 0 aromatic carbocycles. The smallest absolute Gasteiger partial charge is 0.255 e. The fourth-order valence-electron chi connectivity index (χ4n) is 1.82. The van der Waals surface area contributed by atoms with Crippen LogP contribution in [0.1, 0.15) is 10.4 Å². The molecule has 1 aliphatic heterocycles. The molecule has 1 amide bonds. The van der Waals surface area contributed by atoms with E-state index in [1.165, 1.54) is 0 Å². The minimum atomic E-state index is 0.0493. The van der Waals surface area contributed by atoms with E-state index in [0.29, 0.717) is 11.4 Å². The van der Waals surface area contributed by atoms with Gasteiger partial charge in [-0.1, -0.05) is 0 Å². The minimum absolute atomic E-state index is 0.0493. The van der Waals surface area contributed by atoms with Gasteiger partial charge in [0.25, 0.3) is 5.91 Å². The summed E-state index contributed by atoms with van der Waals surface area (Å²) in [6.07, 6.45) is 1.57. The fraction of sp³-hybridized carbons (Fsp3) is 0.500. The number of aromatic nitrogens is 1. The van der Waals surface area contributed by atoms with Gasteiger partial charge in [-0.25, -0.2) is 4.98 Å². The van der Waals surface area contributed by atoms with Crippen molar-refractivity contribution in [2.75, 3.05) is 40.3 Å². The van der Waals surface area contributed by atoms with Crippen molar-refractivity contribution in [2.45, 2.75) is 0 Å². The van der Waals surface area contributed by atoms with Crippen molar-refractivity contribution in [3.05, 3.63) is 23.9 Å². The molecule has 17 heavy (non-hydrogen) atoms. The third-order valence-electron chi connectivity index (χ3n) is 2.98. The molecule has 1 aromatic rings. The summed E-state index contributed by atoms with van der Waals surface area (Å²) in [7, 11) is 3.63. The molecule has 0 radical (unpaired) electrons. The average molecular weight is 235 g/mol. The number of nitrogens with zero attached hydrogens (tertiary/aromatic N) is 3. The lowest BCUT2D eigenvalue weighted by Crippen LogP contribution is -2.47. The molecule has 1 aliphatic rings. The first-order chi connectivity index (χ1) is 8.20. The van der Waals surface area contributed by atoms with Crippen LogP contribution in [0.25, 0.3) is 0 Å². The molecule has 1 fully saturated rings. The predicted octanol–water partition coefficient (Wildman–Crippen LogP) is 0.478. The van der Waals surface area contributed by atoms with Crippen LogP contribution in [0.15, 0.2) is 18.3 Å². The number of hydrogen-bond acceptors (Lipinski definition) is 4. The monoisotopic (exact) mass is 235 g/mol. The van der Waals surface area contributed by atoms with Crippen LogP contribution in [0.4, 0.5) is 0 Å². The Hall–Kier alpha value is -1.62. The minimum Gasteiger partial charge on any atom is -0.481 e. The largest absolute Gasteiger partial charge is 0.481 e. The van der Waals surface area contributed by atoms with Gasteiger partial charge in [0, 0.05) is 38.4 Å². The molecule has 2 rings (SSSR count). The van der Waals surface area contributed by atoms with Crippen molar-refractivity contribution in [1.29, 1.82) is 0 Å². The number of carbonyl (C=O) groups excluding carboxylic acids is 1. The SMILES string of the molecule is COc1ccc(C(=O)N2CCN(C)CC2)cn1. The highest BCUT2D eigenvalue weighted by molar-refractivity contribution is 5.94. The van der Waals surface area contributed by atoms with Gasteiger partial charge < -0.3 is 14.5 Å². The Morgan fingerprint density at radius 1 is 1.29 bits per heavy atom. The average Bonchev–Trinajstić information content (AvgIpc) is 2.39. The van der Waals surface area contributed by atoms with Gasteiger partial charge in [0.2, 0.25) is 5.88 Å². The number of ether oxygens (including phenoxy) is 1. The zero-order valence-electron chi connectivity index (χ0n) is 10.2. The summed E-state index contributed by atoms with van der Waals surface area (Å²) in [4.78, 5) is 20.3. The van der Waals surface area contributed by atoms with Crippen LogP contribution in [0.2, 0.25) is 0 Å². The molecule has 92 valence electrons. The third-order valence-corrected chi connectivity index (χ3v) is 2.98. The van der Waals surface area contributed by atoms with Gasteiger partial charge in [0.1, 0.15) is 0 Å². The van der Waals surface area contributed by atoms with Crippen molar-refractivity contribution >= 4 is 5.91 Å².